The van der Waals surface area contributed by atoms with E-state index < -0.39 is 10.0 Å². The Labute approximate surface area is 173 Å². The summed E-state index contributed by atoms with van der Waals surface area (Å²) in [5.74, 6) is 1.28. The summed E-state index contributed by atoms with van der Waals surface area (Å²) in [6.07, 6.45) is 3.32. The van der Waals surface area contributed by atoms with Gasteiger partial charge in [0.2, 0.25) is 10.0 Å². The van der Waals surface area contributed by atoms with E-state index >= 15 is 0 Å². The van der Waals surface area contributed by atoms with Gasteiger partial charge in [0.1, 0.15) is 23.7 Å². The van der Waals surface area contributed by atoms with Gasteiger partial charge in [-0.1, -0.05) is 0 Å². The van der Waals surface area contributed by atoms with Crippen LogP contribution in [0.2, 0.25) is 0 Å². The standard InChI is InChI=1S/C19H21N5O3S2/c1-12-8-13(4-6-16(12)25)23-18-10-19(22-11-21-18)24-15-9-14(29(26,27)20-2)5-7-17(15)28-3/h4-11,20,25H,1-3H3,(H2,21,22,23,24). The predicted molar refractivity (Wildman–Crippen MR) is 116 cm³/mol. The van der Waals surface area contributed by atoms with E-state index in [9.17, 15) is 13.5 Å². The van der Waals surface area contributed by atoms with E-state index in [2.05, 4.69) is 25.3 Å². The molecule has 0 atom stereocenters. The fourth-order valence-corrected chi connectivity index (χ4v) is 3.87. The summed E-state index contributed by atoms with van der Waals surface area (Å²) in [5.41, 5.74) is 2.14. The second kappa shape index (κ2) is 8.68. The van der Waals surface area contributed by atoms with Gasteiger partial charge in [-0.2, -0.15) is 0 Å². The third kappa shape index (κ3) is 4.97. The number of hydrogen-bond acceptors (Lipinski definition) is 8. The van der Waals surface area contributed by atoms with Crippen LogP contribution in [0.15, 0.2) is 58.6 Å². The van der Waals surface area contributed by atoms with Crippen molar-refractivity contribution in [2.75, 3.05) is 23.9 Å². The smallest absolute Gasteiger partial charge is 0.240 e. The van der Waals surface area contributed by atoms with Crippen molar-refractivity contribution in [3.05, 3.63) is 54.4 Å². The van der Waals surface area contributed by atoms with Gasteiger partial charge in [0.25, 0.3) is 0 Å². The fraction of sp³-hybridized carbons (Fsp3) is 0.158. The van der Waals surface area contributed by atoms with E-state index in [0.29, 0.717) is 17.3 Å². The molecule has 0 unspecified atom stereocenters. The number of aryl methyl sites for hydroxylation is 1. The Balaban J connectivity index is 1.88. The first kappa shape index (κ1) is 20.9. The van der Waals surface area contributed by atoms with Crippen LogP contribution in [0, 0.1) is 6.92 Å². The number of aromatic nitrogens is 2. The van der Waals surface area contributed by atoms with Crippen LogP contribution in [-0.2, 0) is 10.0 Å². The minimum absolute atomic E-state index is 0.160. The Morgan fingerprint density at radius 3 is 2.38 bits per heavy atom. The average Bonchev–Trinajstić information content (AvgIpc) is 2.71. The van der Waals surface area contributed by atoms with Gasteiger partial charge in [-0.3, -0.25) is 0 Å². The minimum Gasteiger partial charge on any atom is -0.508 e. The lowest BCUT2D eigenvalue weighted by Crippen LogP contribution is -2.18. The number of nitrogens with zero attached hydrogens (tertiary/aromatic N) is 2. The van der Waals surface area contributed by atoms with Crippen molar-refractivity contribution in [3.8, 4) is 5.75 Å². The van der Waals surface area contributed by atoms with Crippen LogP contribution in [-0.4, -0.2) is 36.8 Å². The second-order valence-electron chi connectivity index (χ2n) is 6.11. The Bertz CT molecular complexity index is 1140. The molecule has 0 spiro atoms. The summed E-state index contributed by atoms with van der Waals surface area (Å²) in [6, 6.07) is 11.7. The number of thioether (sulfide) groups is 1. The van der Waals surface area contributed by atoms with E-state index in [1.54, 1.807) is 36.4 Å². The number of rotatable bonds is 7. The Hall–Kier alpha value is -2.82. The van der Waals surface area contributed by atoms with E-state index in [-0.39, 0.29) is 10.6 Å². The van der Waals surface area contributed by atoms with E-state index in [4.69, 9.17) is 0 Å². The molecule has 4 N–H and O–H groups in total. The normalized spacial score (nSPS) is 11.3. The summed E-state index contributed by atoms with van der Waals surface area (Å²) in [4.78, 5) is 9.46. The lowest BCUT2D eigenvalue weighted by molar-refractivity contribution is 0.471. The summed E-state index contributed by atoms with van der Waals surface area (Å²) in [5, 5.41) is 16.0. The second-order valence-corrected chi connectivity index (χ2v) is 8.84. The van der Waals surface area contributed by atoms with Gasteiger partial charge >= 0.3 is 0 Å². The molecule has 29 heavy (non-hydrogen) atoms. The van der Waals surface area contributed by atoms with Gasteiger partial charge in [-0.25, -0.2) is 23.1 Å². The molecule has 152 valence electrons. The zero-order chi connectivity index (χ0) is 21.0. The van der Waals surface area contributed by atoms with Gasteiger partial charge in [0.15, 0.2) is 0 Å². The molecule has 0 saturated carbocycles. The first-order valence-corrected chi connectivity index (χ1v) is 11.3. The van der Waals surface area contributed by atoms with Crippen molar-refractivity contribution in [2.45, 2.75) is 16.7 Å². The van der Waals surface area contributed by atoms with Crippen LogP contribution < -0.4 is 15.4 Å². The quantitative estimate of drug-likeness (QED) is 0.331. The molecule has 3 aromatic rings. The average molecular weight is 432 g/mol. The lowest BCUT2D eigenvalue weighted by atomic mass is 10.2. The summed E-state index contributed by atoms with van der Waals surface area (Å²) >= 11 is 1.49. The molecule has 1 heterocycles. The molecule has 1 aromatic heterocycles. The molecule has 0 amide bonds. The Morgan fingerprint density at radius 1 is 1.00 bits per heavy atom. The Kier molecular flexibility index (Phi) is 6.26. The van der Waals surface area contributed by atoms with Gasteiger partial charge in [0, 0.05) is 16.6 Å². The highest BCUT2D eigenvalue weighted by Crippen LogP contribution is 2.31. The number of anilines is 4. The van der Waals surface area contributed by atoms with Crippen molar-refractivity contribution >= 4 is 44.8 Å². The molecule has 0 saturated heterocycles. The molecule has 2 aromatic carbocycles. The van der Waals surface area contributed by atoms with Crippen molar-refractivity contribution in [1.82, 2.24) is 14.7 Å². The maximum atomic E-state index is 12.1. The van der Waals surface area contributed by atoms with Crippen LogP contribution in [0.5, 0.6) is 5.75 Å². The lowest BCUT2D eigenvalue weighted by Gasteiger charge is -2.13. The van der Waals surface area contributed by atoms with Crippen molar-refractivity contribution < 1.29 is 13.5 Å². The SMILES string of the molecule is CNS(=O)(=O)c1ccc(SC)c(Nc2cc(Nc3ccc(O)c(C)c3)ncn2)c1. The fourth-order valence-electron chi connectivity index (χ4n) is 2.58. The highest BCUT2D eigenvalue weighted by atomic mass is 32.2. The largest absolute Gasteiger partial charge is 0.508 e. The molecule has 0 bridgehead atoms. The van der Waals surface area contributed by atoms with Crippen molar-refractivity contribution in [2.24, 2.45) is 0 Å². The van der Waals surface area contributed by atoms with E-state index in [1.807, 2.05) is 19.2 Å². The molecule has 8 nitrogen and oxygen atoms in total. The maximum Gasteiger partial charge on any atom is 0.240 e. The first-order chi connectivity index (χ1) is 13.8. The van der Waals surface area contributed by atoms with Crippen LogP contribution in [0.25, 0.3) is 0 Å². The number of hydrogen-bond donors (Lipinski definition) is 4. The number of sulfonamides is 1. The predicted octanol–water partition coefficient (Wildman–Crippen LogP) is 3.61. The zero-order valence-corrected chi connectivity index (χ0v) is 17.7. The third-order valence-corrected chi connectivity index (χ3v) is 6.36. The summed E-state index contributed by atoms with van der Waals surface area (Å²) in [6.45, 7) is 1.81. The number of phenolic OH excluding ortho intramolecular Hbond substituents is 1. The van der Waals surface area contributed by atoms with Crippen molar-refractivity contribution in [1.29, 1.82) is 0 Å². The number of nitrogens with one attached hydrogen (secondary N) is 3. The molecule has 0 aliphatic heterocycles. The monoisotopic (exact) mass is 431 g/mol. The molecule has 0 aliphatic carbocycles. The van der Waals surface area contributed by atoms with Crippen LogP contribution in [0.4, 0.5) is 23.0 Å². The van der Waals surface area contributed by atoms with Crippen LogP contribution >= 0.6 is 11.8 Å². The molecule has 3 rings (SSSR count). The summed E-state index contributed by atoms with van der Waals surface area (Å²) in [7, 11) is -2.19. The van der Waals surface area contributed by atoms with E-state index in [1.165, 1.54) is 25.1 Å². The molecular formula is C19H21N5O3S2. The van der Waals surface area contributed by atoms with Gasteiger partial charge in [-0.15, -0.1) is 11.8 Å². The van der Waals surface area contributed by atoms with Gasteiger partial charge in [-0.05, 0) is 62.2 Å². The zero-order valence-electron chi connectivity index (χ0n) is 16.1. The topological polar surface area (TPSA) is 116 Å². The highest BCUT2D eigenvalue weighted by molar-refractivity contribution is 7.98. The van der Waals surface area contributed by atoms with Crippen LogP contribution in [0.1, 0.15) is 5.56 Å². The van der Waals surface area contributed by atoms with Gasteiger partial charge in [0.05, 0.1) is 10.6 Å². The van der Waals surface area contributed by atoms with Crippen LogP contribution in [0.3, 0.4) is 0 Å². The molecule has 10 heteroatoms. The third-order valence-electron chi connectivity index (χ3n) is 4.15. The Morgan fingerprint density at radius 2 is 1.72 bits per heavy atom. The number of aromatic hydroxyl groups is 1. The molecule has 0 aliphatic rings. The molecule has 0 radical (unpaired) electrons. The molecule has 0 fully saturated rings. The highest BCUT2D eigenvalue weighted by Gasteiger charge is 2.14. The maximum absolute atomic E-state index is 12.1. The molecular weight excluding hydrogens is 410 g/mol. The minimum atomic E-state index is -3.56. The number of benzene rings is 2. The van der Waals surface area contributed by atoms with Gasteiger partial charge < -0.3 is 15.7 Å². The number of phenols is 1. The first-order valence-electron chi connectivity index (χ1n) is 8.59. The van der Waals surface area contributed by atoms with Crippen molar-refractivity contribution in [3.63, 3.8) is 0 Å². The summed E-state index contributed by atoms with van der Waals surface area (Å²) < 4.78 is 26.5. The van der Waals surface area contributed by atoms with E-state index in [0.717, 1.165) is 16.1 Å².